The van der Waals surface area contributed by atoms with Crippen molar-refractivity contribution in [2.45, 2.75) is 13.3 Å². The molecule has 1 aromatic heterocycles. The van der Waals surface area contributed by atoms with E-state index >= 15 is 0 Å². The van der Waals surface area contributed by atoms with E-state index in [1.165, 1.54) is 13.2 Å². The summed E-state index contributed by atoms with van der Waals surface area (Å²) in [6.45, 7) is 1.88. The SMILES string of the molecule is CCc1[nH]c(-c2ccccc2F)nc1C(=O)OC. The molecule has 0 aliphatic heterocycles. The van der Waals surface area contributed by atoms with Crippen LogP contribution in [0.5, 0.6) is 0 Å². The van der Waals surface area contributed by atoms with Crippen molar-refractivity contribution in [3.05, 3.63) is 41.5 Å². The lowest BCUT2D eigenvalue weighted by atomic mass is 10.2. The van der Waals surface area contributed by atoms with Gasteiger partial charge in [-0.15, -0.1) is 0 Å². The van der Waals surface area contributed by atoms with Crippen LogP contribution in [-0.4, -0.2) is 23.0 Å². The molecule has 0 saturated carbocycles. The third-order valence-electron chi connectivity index (χ3n) is 2.64. The molecular formula is C13H13FN2O2. The maximum absolute atomic E-state index is 13.6. The summed E-state index contributed by atoms with van der Waals surface area (Å²) in [5.74, 6) is -0.568. The maximum atomic E-state index is 13.6. The second-order valence-corrected chi connectivity index (χ2v) is 3.74. The van der Waals surface area contributed by atoms with Crippen LogP contribution in [0, 0.1) is 5.82 Å². The van der Waals surface area contributed by atoms with Crippen molar-refractivity contribution in [1.29, 1.82) is 0 Å². The maximum Gasteiger partial charge on any atom is 0.358 e. The highest BCUT2D eigenvalue weighted by Gasteiger charge is 2.18. The smallest absolute Gasteiger partial charge is 0.358 e. The minimum atomic E-state index is -0.523. The molecule has 18 heavy (non-hydrogen) atoms. The van der Waals surface area contributed by atoms with Crippen LogP contribution in [0.1, 0.15) is 23.1 Å². The molecule has 0 aliphatic rings. The molecule has 0 spiro atoms. The topological polar surface area (TPSA) is 55.0 Å². The highest BCUT2D eigenvalue weighted by Crippen LogP contribution is 2.21. The zero-order valence-corrected chi connectivity index (χ0v) is 10.2. The third kappa shape index (κ3) is 2.11. The normalized spacial score (nSPS) is 10.4. The van der Waals surface area contributed by atoms with Gasteiger partial charge in [0.1, 0.15) is 11.6 Å². The number of rotatable bonds is 3. The summed E-state index contributed by atoms with van der Waals surface area (Å²) >= 11 is 0. The fourth-order valence-corrected chi connectivity index (χ4v) is 1.71. The van der Waals surface area contributed by atoms with Crippen molar-refractivity contribution in [2.24, 2.45) is 0 Å². The van der Waals surface area contributed by atoms with E-state index in [1.54, 1.807) is 18.2 Å². The average molecular weight is 248 g/mol. The van der Waals surface area contributed by atoms with E-state index in [-0.39, 0.29) is 11.5 Å². The van der Waals surface area contributed by atoms with Gasteiger partial charge in [0, 0.05) is 5.69 Å². The van der Waals surface area contributed by atoms with Crippen molar-refractivity contribution in [2.75, 3.05) is 7.11 Å². The molecule has 2 rings (SSSR count). The van der Waals surface area contributed by atoms with E-state index in [1.807, 2.05) is 6.92 Å². The predicted molar refractivity (Wildman–Crippen MR) is 64.7 cm³/mol. The molecule has 0 aliphatic carbocycles. The summed E-state index contributed by atoms with van der Waals surface area (Å²) in [4.78, 5) is 18.6. The number of hydrogen-bond donors (Lipinski definition) is 1. The zero-order chi connectivity index (χ0) is 13.1. The summed E-state index contributed by atoms with van der Waals surface area (Å²) in [6.07, 6.45) is 0.589. The lowest BCUT2D eigenvalue weighted by molar-refractivity contribution is 0.0593. The lowest BCUT2D eigenvalue weighted by Gasteiger charge is -1.97. The number of hydrogen-bond acceptors (Lipinski definition) is 3. The van der Waals surface area contributed by atoms with Crippen LogP contribution < -0.4 is 0 Å². The first-order valence-electron chi connectivity index (χ1n) is 5.59. The van der Waals surface area contributed by atoms with E-state index in [0.29, 0.717) is 23.5 Å². The van der Waals surface area contributed by atoms with E-state index in [2.05, 4.69) is 14.7 Å². The van der Waals surface area contributed by atoms with Gasteiger partial charge in [0.25, 0.3) is 0 Å². The molecule has 5 heteroatoms. The third-order valence-corrected chi connectivity index (χ3v) is 2.64. The fourth-order valence-electron chi connectivity index (χ4n) is 1.71. The number of imidazole rings is 1. The van der Waals surface area contributed by atoms with Crippen LogP contribution in [0.4, 0.5) is 4.39 Å². The summed E-state index contributed by atoms with van der Waals surface area (Å²) in [7, 11) is 1.29. The van der Waals surface area contributed by atoms with Gasteiger partial charge < -0.3 is 9.72 Å². The molecule has 0 atom stereocenters. The molecule has 4 nitrogen and oxygen atoms in total. The largest absolute Gasteiger partial charge is 0.464 e. The van der Waals surface area contributed by atoms with Crippen LogP contribution >= 0.6 is 0 Å². The summed E-state index contributed by atoms with van der Waals surface area (Å²) in [5.41, 5.74) is 1.18. The van der Waals surface area contributed by atoms with Crippen LogP contribution in [0.2, 0.25) is 0 Å². The number of methoxy groups -OCH3 is 1. The molecular weight excluding hydrogens is 235 g/mol. The number of aromatic nitrogens is 2. The predicted octanol–water partition coefficient (Wildman–Crippen LogP) is 2.56. The second-order valence-electron chi connectivity index (χ2n) is 3.74. The fraction of sp³-hybridized carbons (Fsp3) is 0.231. The van der Waals surface area contributed by atoms with E-state index in [0.717, 1.165) is 0 Å². The Hall–Kier alpha value is -2.17. The highest BCUT2D eigenvalue weighted by molar-refractivity contribution is 5.89. The first-order valence-corrected chi connectivity index (χ1v) is 5.59. The summed E-state index contributed by atoms with van der Waals surface area (Å²) < 4.78 is 18.3. The Morgan fingerprint density at radius 2 is 2.17 bits per heavy atom. The molecule has 0 bridgehead atoms. The van der Waals surface area contributed by atoms with Gasteiger partial charge in [-0.25, -0.2) is 14.2 Å². The van der Waals surface area contributed by atoms with Gasteiger partial charge in [0.05, 0.1) is 12.7 Å². The molecule has 0 fully saturated rings. The van der Waals surface area contributed by atoms with Gasteiger partial charge in [-0.3, -0.25) is 0 Å². The lowest BCUT2D eigenvalue weighted by Crippen LogP contribution is -2.04. The van der Waals surface area contributed by atoms with Gasteiger partial charge in [-0.05, 0) is 18.6 Å². The van der Waals surface area contributed by atoms with Crippen molar-refractivity contribution in [1.82, 2.24) is 9.97 Å². The van der Waals surface area contributed by atoms with Gasteiger partial charge in [0.2, 0.25) is 0 Å². The first kappa shape index (κ1) is 12.3. The Morgan fingerprint density at radius 3 is 2.78 bits per heavy atom. The first-order chi connectivity index (χ1) is 8.67. The van der Waals surface area contributed by atoms with Gasteiger partial charge >= 0.3 is 5.97 Å². The number of H-pyrrole nitrogens is 1. The zero-order valence-electron chi connectivity index (χ0n) is 10.2. The molecule has 1 N–H and O–H groups in total. The number of halogens is 1. The van der Waals surface area contributed by atoms with Crippen LogP contribution in [0.3, 0.4) is 0 Å². The van der Waals surface area contributed by atoms with Crippen LogP contribution in [0.15, 0.2) is 24.3 Å². The van der Waals surface area contributed by atoms with Crippen LogP contribution in [-0.2, 0) is 11.2 Å². The Morgan fingerprint density at radius 1 is 1.44 bits per heavy atom. The Bertz CT molecular complexity index is 578. The number of esters is 1. The van der Waals surface area contributed by atoms with E-state index < -0.39 is 5.97 Å². The number of carbonyl (C=O) groups is 1. The Balaban J connectivity index is 2.51. The molecule has 0 unspecified atom stereocenters. The van der Waals surface area contributed by atoms with Crippen molar-refractivity contribution < 1.29 is 13.9 Å². The summed E-state index contributed by atoms with van der Waals surface area (Å²) in [5, 5.41) is 0. The molecule has 94 valence electrons. The number of nitrogens with zero attached hydrogens (tertiary/aromatic N) is 1. The highest BCUT2D eigenvalue weighted by atomic mass is 19.1. The number of aromatic amines is 1. The number of carbonyl (C=O) groups excluding carboxylic acids is 1. The van der Waals surface area contributed by atoms with Gasteiger partial charge in [0.15, 0.2) is 5.69 Å². The van der Waals surface area contributed by atoms with Gasteiger partial charge in [-0.1, -0.05) is 19.1 Å². The minimum Gasteiger partial charge on any atom is -0.464 e. The number of nitrogens with one attached hydrogen (secondary N) is 1. The average Bonchev–Trinajstić information content (AvgIpc) is 2.82. The molecule has 1 aromatic carbocycles. The van der Waals surface area contributed by atoms with Crippen molar-refractivity contribution in [3.8, 4) is 11.4 Å². The van der Waals surface area contributed by atoms with Gasteiger partial charge in [-0.2, -0.15) is 0 Å². The molecule has 0 saturated heterocycles. The van der Waals surface area contributed by atoms with E-state index in [9.17, 15) is 9.18 Å². The molecule has 0 amide bonds. The molecule has 2 aromatic rings. The van der Waals surface area contributed by atoms with Crippen molar-refractivity contribution in [3.63, 3.8) is 0 Å². The van der Waals surface area contributed by atoms with E-state index in [4.69, 9.17) is 0 Å². The number of benzene rings is 1. The molecule has 1 heterocycles. The van der Waals surface area contributed by atoms with Crippen LogP contribution in [0.25, 0.3) is 11.4 Å². The second kappa shape index (κ2) is 5.00. The van der Waals surface area contributed by atoms with Crippen molar-refractivity contribution >= 4 is 5.97 Å². The monoisotopic (exact) mass is 248 g/mol. The Labute approximate surface area is 104 Å². The minimum absolute atomic E-state index is 0.207. The Kier molecular flexibility index (Phi) is 3.41. The number of aryl methyl sites for hydroxylation is 1. The quantitative estimate of drug-likeness (QED) is 0.849. The summed E-state index contributed by atoms with van der Waals surface area (Å²) in [6, 6.07) is 6.27. The molecule has 0 radical (unpaired) electrons. The standard InChI is InChI=1S/C13H13FN2O2/c1-3-10-11(13(17)18-2)16-12(15-10)8-6-4-5-7-9(8)14/h4-7H,3H2,1-2H3,(H,15,16). The number of ether oxygens (including phenoxy) is 1.